The molecule has 0 atom stereocenters. The molecular formula is C22H23NO2S2. The Morgan fingerprint density at radius 1 is 1.19 bits per heavy atom. The Kier molecular flexibility index (Phi) is 6.34. The van der Waals surface area contributed by atoms with E-state index in [1.165, 1.54) is 17.3 Å². The lowest BCUT2D eigenvalue weighted by Gasteiger charge is -2.16. The normalized spacial score (nSPS) is 15.9. The molecular weight excluding hydrogens is 374 g/mol. The quantitative estimate of drug-likeness (QED) is 0.480. The first-order valence-corrected chi connectivity index (χ1v) is 10.2. The van der Waals surface area contributed by atoms with Gasteiger partial charge in [0.1, 0.15) is 16.7 Å². The van der Waals surface area contributed by atoms with Crippen LogP contribution in [-0.4, -0.2) is 21.7 Å². The number of carbonyl (C=O) groups is 1. The summed E-state index contributed by atoms with van der Waals surface area (Å²) in [7, 11) is 0. The van der Waals surface area contributed by atoms with Gasteiger partial charge in [0.2, 0.25) is 0 Å². The molecule has 0 unspecified atom stereocenters. The smallest absolute Gasteiger partial charge is 0.266 e. The maximum Gasteiger partial charge on any atom is 0.266 e. The van der Waals surface area contributed by atoms with E-state index in [0.717, 1.165) is 16.9 Å². The van der Waals surface area contributed by atoms with E-state index in [9.17, 15) is 4.79 Å². The number of amides is 1. The molecule has 1 amide bonds. The summed E-state index contributed by atoms with van der Waals surface area (Å²) in [6.45, 7) is 7.43. The van der Waals surface area contributed by atoms with Crippen LogP contribution in [0.3, 0.4) is 0 Å². The molecule has 2 aromatic rings. The lowest BCUT2D eigenvalue weighted by atomic mass is 10.1. The SMILES string of the molecule is Cc1cccc(COc2ccc(/C=C3\SC(=S)N(CC(C)C)C3=O)cc2)c1. The van der Waals surface area contributed by atoms with Gasteiger partial charge in [0.25, 0.3) is 5.91 Å². The van der Waals surface area contributed by atoms with Crippen molar-refractivity contribution in [2.45, 2.75) is 27.4 Å². The second-order valence-electron chi connectivity index (χ2n) is 7.03. The fraction of sp³-hybridized carbons (Fsp3) is 0.273. The van der Waals surface area contributed by atoms with Crippen molar-refractivity contribution in [3.8, 4) is 5.75 Å². The minimum atomic E-state index is -0.00141. The van der Waals surface area contributed by atoms with Crippen molar-refractivity contribution in [1.29, 1.82) is 0 Å². The zero-order valence-corrected chi connectivity index (χ0v) is 17.4. The van der Waals surface area contributed by atoms with E-state index < -0.39 is 0 Å². The standard InChI is InChI=1S/C22H23NO2S2/c1-15(2)13-23-21(24)20(27-22(23)26)12-17-7-9-19(10-8-17)25-14-18-6-4-5-16(3)11-18/h4-12,15H,13-14H2,1-3H3/b20-12-. The number of ether oxygens (including phenoxy) is 1. The summed E-state index contributed by atoms with van der Waals surface area (Å²) in [5, 5.41) is 0. The highest BCUT2D eigenvalue weighted by Crippen LogP contribution is 2.33. The molecule has 1 aliphatic rings. The Morgan fingerprint density at radius 2 is 1.93 bits per heavy atom. The molecule has 5 heteroatoms. The molecule has 3 nitrogen and oxygen atoms in total. The average molecular weight is 398 g/mol. The number of benzene rings is 2. The van der Waals surface area contributed by atoms with E-state index in [1.54, 1.807) is 4.90 Å². The van der Waals surface area contributed by atoms with Gasteiger partial charge in [0.15, 0.2) is 0 Å². The number of hydrogen-bond acceptors (Lipinski definition) is 4. The van der Waals surface area contributed by atoms with Gasteiger partial charge in [-0.3, -0.25) is 9.69 Å². The second kappa shape index (κ2) is 8.72. The third-order valence-corrected chi connectivity index (χ3v) is 5.46. The van der Waals surface area contributed by atoms with Gasteiger partial charge in [0, 0.05) is 6.54 Å². The molecule has 1 heterocycles. The molecule has 1 fully saturated rings. The van der Waals surface area contributed by atoms with Crippen molar-refractivity contribution >= 4 is 40.3 Å². The molecule has 140 valence electrons. The van der Waals surface area contributed by atoms with Gasteiger partial charge < -0.3 is 4.74 Å². The molecule has 0 N–H and O–H groups in total. The van der Waals surface area contributed by atoms with E-state index in [1.807, 2.05) is 36.4 Å². The van der Waals surface area contributed by atoms with Gasteiger partial charge in [-0.15, -0.1) is 0 Å². The van der Waals surface area contributed by atoms with Crippen molar-refractivity contribution in [2.75, 3.05) is 6.54 Å². The van der Waals surface area contributed by atoms with Crippen LogP contribution in [0.2, 0.25) is 0 Å². The maximum atomic E-state index is 12.5. The summed E-state index contributed by atoms with van der Waals surface area (Å²) in [5.41, 5.74) is 3.33. The first-order chi connectivity index (χ1) is 12.9. The number of thioether (sulfide) groups is 1. The number of nitrogens with zero attached hydrogens (tertiary/aromatic N) is 1. The number of thiocarbonyl (C=S) groups is 1. The van der Waals surface area contributed by atoms with Crippen molar-refractivity contribution in [3.63, 3.8) is 0 Å². The van der Waals surface area contributed by atoms with Crippen LogP contribution in [0.5, 0.6) is 5.75 Å². The van der Waals surface area contributed by atoms with Crippen LogP contribution in [0.15, 0.2) is 53.4 Å². The van der Waals surface area contributed by atoms with Gasteiger partial charge in [-0.25, -0.2) is 0 Å². The molecule has 2 aromatic carbocycles. The number of rotatable bonds is 6. The number of carbonyl (C=O) groups excluding carboxylic acids is 1. The monoisotopic (exact) mass is 397 g/mol. The Hall–Kier alpha value is -2.11. The van der Waals surface area contributed by atoms with E-state index in [2.05, 4.69) is 39.0 Å². The lowest BCUT2D eigenvalue weighted by molar-refractivity contribution is -0.122. The predicted octanol–water partition coefficient (Wildman–Crippen LogP) is 5.43. The minimum Gasteiger partial charge on any atom is -0.489 e. The van der Waals surface area contributed by atoms with Crippen LogP contribution in [0.25, 0.3) is 6.08 Å². The van der Waals surface area contributed by atoms with Crippen molar-refractivity contribution in [1.82, 2.24) is 4.90 Å². The molecule has 0 radical (unpaired) electrons. The Morgan fingerprint density at radius 3 is 2.59 bits per heavy atom. The molecule has 0 saturated carbocycles. The van der Waals surface area contributed by atoms with Gasteiger partial charge in [-0.2, -0.15) is 0 Å². The van der Waals surface area contributed by atoms with Crippen molar-refractivity contribution in [3.05, 3.63) is 70.1 Å². The third kappa shape index (κ3) is 5.21. The lowest BCUT2D eigenvalue weighted by Crippen LogP contribution is -2.31. The van der Waals surface area contributed by atoms with Gasteiger partial charge in [-0.05, 0) is 42.2 Å². The van der Waals surface area contributed by atoms with Crippen LogP contribution in [0.1, 0.15) is 30.5 Å². The highest BCUT2D eigenvalue weighted by molar-refractivity contribution is 8.26. The number of hydrogen-bond donors (Lipinski definition) is 0. The zero-order valence-electron chi connectivity index (χ0n) is 15.8. The summed E-state index contributed by atoms with van der Waals surface area (Å²) in [4.78, 5) is 14.9. The summed E-state index contributed by atoms with van der Waals surface area (Å²) in [5.74, 6) is 1.19. The molecule has 1 saturated heterocycles. The molecule has 27 heavy (non-hydrogen) atoms. The van der Waals surface area contributed by atoms with Crippen molar-refractivity contribution in [2.24, 2.45) is 5.92 Å². The Labute approximate surface area is 170 Å². The molecule has 0 aromatic heterocycles. The first kappa shape index (κ1) is 19.6. The molecule has 1 aliphatic heterocycles. The van der Waals surface area contributed by atoms with E-state index >= 15 is 0 Å². The van der Waals surface area contributed by atoms with E-state index in [0.29, 0.717) is 28.3 Å². The molecule has 0 bridgehead atoms. The highest BCUT2D eigenvalue weighted by atomic mass is 32.2. The van der Waals surface area contributed by atoms with Crippen LogP contribution in [0.4, 0.5) is 0 Å². The zero-order chi connectivity index (χ0) is 19.4. The second-order valence-corrected chi connectivity index (χ2v) is 8.71. The summed E-state index contributed by atoms with van der Waals surface area (Å²) >= 11 is 6.72. The van der Waals surface area contributed by atoms with Crippen LogP contribution < -0.4 is 4.74 Å². The average Bonchev–Trinajstić information content (AvgIpc) is 2.88. The molecule has 0 aliphatic carbocycles. The predicted molar refractivity (Wildman–Crippen MR) is 117 cm³/mol. The largest absolute Gasteiger partial charge is 0.489 e. The first-order valence-electron chi connectivity index (χ1n) is 8.96. The van der Waals surface area contributed by atoms with E-state index in [4.69, 9.17) is 17.0 Å². The molecule has 3 rings (SSSR count). The summed E-state index contributed by atoms with van der Waals surface area (Å²) in [6.07, 6.45) is 1.89. The Bertz CT molecular complexity index is 872. The van der Waals surface area contributed by atoms with E-state index in [-0.39, 0.29) is 5.91 Å². The van der Waals surface area contributed by atoms with Crippen molar-refractivity contribution < 1.29 is 9.53 Å². The Balaban J connectivity index is 1.64. The maximum absolute atomic E-state index is 12.5. The fourth-order valence-corrected chi connectivity index (χ4v) is 4.08. The van der Waals surface area contributed by atoms with Crippen LogP contribution >= 0.6 is 24.0 Å². The summed E-state index contributed by atoms with van der Waals surface area (Å²) in [6, 6.07) is 16.1. The third-order valence-electron chi connectivity index (χ3n) is 4.09. The topological polar surface area (TPSA) is 29.5 Å². The van der Waals surface area contributed by atoms with Crippen LogP contribution in [-0.2, 0) is 11.4 Å². The minimum absolute atomic E-state index is 0.00141. The van der Waals surface area contributed by atoms with Gasteiger partial charge in [-0.1, -0.05) is 79.8 Å². The summed E-state index contributed by atoms with van der Waals surface area (Å²) < 4.78 is 6.49. The van der Waals surface area contributed by atoms with Gasteiger partial charge in [0.05, 0.1) is 4.91 Å². The number of aryl methyl sites for hydroxylation is 1. The van der Waals surface area contributed by atoms with Gasteiger partial charge >= 0.3 is 0 Å². The molecule has 0 spiro atoms. The fourth-order valence-electron chi connectivity index (χ4n) is 2.80. The van der Waals surface area contributed by atoms with Crippen LogP contribution in [0, 0.1) is 12.8 Å². The highest BCUT2D eigenvalue weighted by Gasteiger charge is 2.32.